The van der Waals surface area contributed by atoms with Gasteiger partial charge in [0.2, 0.25) is 17.4 Å². The smallest absolute Gasteiger partial charge is 0.328 e. The fourth-order valence-electron chi connectivity index (χ4n) is 5.69. The van der Waals surface area contributed by atoms with Gasteiger partial charge in [0.25, 0.3) is 5.91 Å². The Hall–Kier alpha value is -4.05. The van der Waals surface area contributed by atoms with Crippen molar-refractivity contribution in [1.29, 1.82) is 5.26 Å². The number of likely N-dealkylation sites (tertiary alicyclic amines) is 1. The molecule has 0 unspecified atom stereocenters. The average Bonchev–Trinajstić information content (AvgIpc) is 3.20. The van der Waals surface area contributed by atoms with E-state index in [-0.39, 0.29) is 60.9 Å². The molecule has 1 aromatic heterocycles. The van der Waals surface area contributed by atoms with Gasteiger partial charge in [-0.25, -0.2) is 9.18 Å². The number of anilines is 1. The lowest BCUT2D eigenvalue weighted by molar-refractivity contribution is -0.151. The van der Waals surface area contributed by atoms with Crippen molar-refractivity contribution in [2.45, 2.75) is 25.5 Å². The van der Waals surface area contributed by atoms with Crippen molar-refractivity contribution in [3.63, 3.8) is 0 Å². The third kappa shape index (κ3) is 2.77. The third-order valence-corrected chi connectivity index (χ3v) is 7.33. The zero-order valence-corrected chi connectivity index (χ0v) is 18.5. The molecule has 5 amide bonds. The molecule has 4 aliphatic rings. The zero-order chi connectivity index (χ0) is 24.6. The van der Waals surface area contributed by atoms with E-state index in [0.717, 1.165) is 0 Å². The molecule has 1 spiro atoms. The highest BCUT2D eigenvalue weighted by Gasteiger charge is 2.63. The molecule has 5 heterocycles. The van der Waals surface area contributed by atoms with E-state index in [1.807, 2.05) is 0 Å². The van der Waals surface area contributed by atoms with Crippen LogP contribution in [0.2, 0.25) is 0 Å². The van der Waals surface area contributed by atoms with E-state index in [1.165, 1.54) is 11.0 Å². The predicted molar refractivity (Wildman–Crippen MR) is 113 cm³/mol. The second kappa shape index (κ2) is 7.22. The molecule has 0 saturated carbocycles. The van der Waals surface area contributed by atoms with E-state index < -0.39 is 47.1 Å². The molecule has 2 aromatic rings. The number of carbonyl (C=O) groups is 4. The molecule has 2 atom stereocenters. The summed E-state index contributed by atoms with van der Waals surface area (Å²) in [5.74, 6) is -3.13. The van der Waals surface area contributed by atoms with Crippen LogP contribution in [0.1, 0.15) is 23.0 Å². The van der Waals surface area contributed by atoms with Crippen LogP contribution in [0.5, 0.6) is 0 Å². The van der Waals surface area contributed by atoms with E-state index in [4.69, 9.17) is 14.5 Å². The van der Waals surface area contributed by atoms with Crippen LogP contribution < -0.4 is 15.5 Å². The number of imide groups is 2. The molecule has 13 heteroatoms. The number of benzene rings is 1. The highest BCUT2D eigenvalue weighted by molar-refractivity contribution is 6.20. The summed E-state index contributed by atoms with van der Waals surface area (Å²) in [4.78, 5) is 54.1. The second-order valence-corrected chi connectivity index (χ2v) is 9.24. The number of nitrogens with one attached hydrogen (secondary N) is 2. The number of hydrogen-bond donors (Lipinski definition) is 2. The number of halogens is 1. The molecule has 1 aromatic carbocycles. The molecular weight excluding hydrogens is 463 g/mol. The van der Waals surface area contributed by atoms with Crippen molar-refractivity contribution in [1.82, 2.24) is 20.7 Å². The van der Waals surface area contributed by atoms with Gasteiger partial charge in [0.1, 0.15) is 0 Å². The number of morpholine rings is 1. The summed E-state index contributed by atoms with van der Waals surface area (Å²) in [5, 5.41) is 17.2. The van der Waals surface area contributed by atoms with Crippen LogP contribution in [0.3, 0.4) is 0 Å². The van der Waals surface area contributed by atoms with Crippen LogP contribution in [0.25, 0.3) is 11.0 Å². The van der Waals surface area contributed by atoms with Gasteiger partial charge in [-0.1, -0.05) is 5.16 Å². The fraction of sp³-hybridized carbons (Fsp3) is 0.455. The van der Waals surface area contributed by atoms with E-state index in [2.05, 4.69) is 21.9 Å². The first-order chi connectivity index (χ1) is 16.8. The number of hydrogen-bond acceptors (Lipinski definition) is 9. The van der Waals surface area contributed by atoms with Gasteiger partial charge < -0.3 is 19.1 Å². The number of urea groups is 1. The van der Waals surface area contributed by atoms with E-state index >= 15 is 4.39 Å². The molecule has 35 heavy (non-hydrogen) atoms. The molecule has 0 radical (unpaired) electrons. The van der Waals surface area contributed by atoms with Crippen molar-refractivity contribution in [3.8, 4) is 6.07 Å². The number of carbonyl (C=O) groups excluding carboxylic acids is 4. The minimum Gasteiger partial charge on any atom is -0.374 e. The SMILES string of the molecule is C[C@@H]1OCCN2c3c(cc4c(C(=O)N5CC(C#N)C5)noc4c3F)CC3(C(=O)NC(=O)NC3=O)[C@@H]12. The molecule has 12 nitrogen and oxygen atoms in total. The molecular formula is C22H19FN6O6. The number of ether oxygens (including phenoxy) is 1. The summed E-state index contributed by atoms with van der Waals surface area (Å²) in [6.07, 6.45) is -0.864. The van der Waals surface area contributed by atoms with Crippen LogP contribution in [0.15, 0.2) is 10.6 Å². The zero-order valence-electron chi connectivity index (χ0n) is 18.5. The van der Waals surface area contributed by atoms with Crippen molar-refractivity contribution in [2.75, 3.05) is 31.1 Å². The Morgan fingerprint density at radius 3 is 2.69 bits per heavy atom. The minimum absolute atomic E-state index is 0.106. The quantitative estimate of drug-likeness (QED) is 0.536. The highest BCUT2D eigenvalue weighted by Crippen LogP contribution is 2.48. The Balaban J connectivity index is 1.51. The number of barbiturate groups is 1. The van der Waals surface area contributed by atoms with Crippen molar-refractivity contribution in [3.05, 3.63) is 23.1 Å². The predicted octanol–water partition coefficient (Wildman–Crippen LogP) is 0.0647. The maximum atomic E-state index is 15.9. The Morgan fingerprint density at radius 2 is 2.00 bits per heavy atom. The lowest BCUT2D eigenvalue weighted by Crippen LogP contribution is -2.74. The average molecular weight is 482 g/mol. The summed E-state index contributed by atoms with van der Waals surface area (Å²) in [6, 6.07) is 1.77. The molecule has 2 N–H and O–H groups in total. The Labute approximate surface area is 196 Å². The van der Waals surface area contributed by atoms with Gasteiger partial charge >= 0.3 is 6.03 Å². The largest absolute Gasteiger partial charge is 0.374 e. The summed E-state index contributed by atoms with van der Waals surface area (Å²) in [7, 11) is 0. The molecule has 3 saturated heterocycles. The first-order valence-electron chi connectivity index (χ1n) is 11.1. The maximum absolute atomic E-state index is 15.9. The normalized spacial score (nSPS) is 25.5. The Bertz CT molecular complexity index is 1350. The molecule has 3 fully saturated rings. The number of nitrogens with zero attached hydrogens (tertiary/aromatic N) is 4. The van der Waals surface area contributed by atoms with Crippen molar-refractivity contribution in [2.24, 2.45) is 11.3 Å². The molecule has 4 aliphatic heterocycles. The monoisotopic (exact) mass is 482 g/mol. The topological polar surface area (TPSA) is 158 Å². The van der Waals surface area contributed by atoms with Gasteiger partial charge in [-0.2, -0.15) is 5.26 Å². The van der Waals surface area contributed by atoms with E-state index in [0.29, 0.717) is 5.56 Å². The van der Waals surface area contributed by atoms with Crippen LogP contribution in [0.4, 0.5) is 14.9 Å². The van der Waals surface area contributed by atoms with Gasteiger partial charge in [0.05, 0.1) is 41.8 Å². The molecule has 0 aliphatic carbocycles. The standard InChI is InChI=1S/C22H19FN6O6/c1-9-17-22(19(31)25-21(33)26-20(22)32)5-11-4-12-14(18(30)28-7-10(6-24)8-28)27-35-16(12)13(23)15(11)29(17)2-3-34-9/h4,9-10,17H,2-3,5,7-8H2,1H3,(H2,25,26,31,32,33)/t9-,17+/m0/s1. The highest BCUT2D eigenvalue weighted by atomic mass is 19.1. The number of amides is 5. The second-order valence-electron chi connectivity index (χ2n) is 9.24. The van der Waals surface area contributed by atoms with Gasteiger partial charge in [-0.3, -0.25) is 25.0 Å². The van der Waals surface area contributed by atoms with Crippen LogP contribution >= 0.6 is 0 Å². The van der Waals surface area contributed by atoms with Crippen LogP contribution in [-0.4, -0.2) is 72.2 Å². The first kappa shape index (κ1) is 21.5. The summed E-state index contributed by atoms with van der Waals surface area (Å²) in [5.41, 5.74) is -1.65. The third-order valence-electron chi connectivity index (χ3n) is 7.33. The summed E-state index contributed by atoms with van der Waals surface area (Å²) in [6.45, 7) is 2.57. The van der Waals surface area contributed by atoms with Gasteiger partial charge in [0.15, 0.2) is 16.9 Å². The minimum atomic E-state index is -1.76. The van der Waals surface area contributed by atoms with Gasteiger partial charge in [-0.05, 0) is 18.6 Å². The lowest BCUT2D eigenvalue weighted by atomic mass is 9.66. The van der Waals surface area contributed by atoms with Crippen molar-refractivity contribution < 1.29 is 32.8 Å². The summed E-state index contributed by atoms with van der Waals surface area (Å²) >= 11 is 0. The number of fused-ring (bicyclic) bond motifs is 5. The Kier molecular flexibility index (Phi) is 4.43. The van der Waals surface area contributed by atoms with Crippen LogP contribution in [-0.2, 0) is 20.7 Å². The van der Waals surface area contributed by atoms with Gasteiger partial charge in [0, 0.05) is 26.1 Å². The summed E-state index contributed by atoms with van der Waals surface area (Å²) < 4.78 is 26.9. The fourth-order valence-corrected chi connectivity index (χ4v) is 5.69. The number of aromatic nitrogens is 1. The lowest BCUT2D eigenvalue weighted by Gasteiger charge is -2.54. The Morgan fingerprint density at radius 1 is 1.29 bits per heavy atom. The number of rotatable bonds is 1. The van der Waals surface area contributed by atoms with E-state index in [9.17, 15) is 19.2 Å². The molecule has 180 valence electrons. The molecule has 0 bridgehead atoms. The van der Waals surface area contributed by atoms with Crippen molar-refractivity contribution >= 4 is 40.4 Å². The first-order valence-corrected chi connectivity index (χ1v) is 11.1. The maximum Gasteiger partial charge on any atom is 0.328 e. The molecule has 6 rings (SSSR count). The number of nitriles is 1. The van der Waals surface area contributed by atoms with Crippen LogP contribution in [0, 0.1) is 28.5 Å². The van der Waals surface area contributed by atoms with E-state index in [1.54, 1.807) is 11.8 Å². The van der Waals surface area contributed by atoms with Gasteiger partial charge in [-0.15, -0.1) is 0 Å².